The summed E-state index contributed by atoms with van der Waals surface area (Å²) >= 11 is 5.99. The van der Waals surface area contributed by atoms with Gasteiger partial charge < -0.3 is 10.6 Å². The first-order valence-corrected chi connectivity index (χ1v) is 7.43. The molecule has 0 aliphatic rings. The van der Waals surface area contributed by atoms with E-state index in [-0.39, 0.29) is 5.54 Å². The third kappa shape index (κ3) is 3.50. The van der Waals surface area contributed by atoms with Gasteiger partial charge in [-0.15, -0.1) is 0 Å². The predicted octanol–water partition coefficient (Wildman–Crippen LogP) is 3.88. The zero-order chi connectivity index (χ0) is 14.6. The van der Waals surface area contributed by atoms with Crippen LogP contribution in [0.4, 0.5) is 0 Å². The number of nitrogens with two attached hydrogens (primary N) is 1. The summed E-state index contributed by atoms with van der Waals surface area (Å²) in [6, 6.07) is 8.31. The minimum atomic E-state index is -0.357. The third-order valence-electron chi connectivity index (χ3n) is 4.04. The van der Waals surface area contributed by atoms with Crippen molar-refractivity contribution in [2.45, 2.75) is 45.2 Å². The van der Waals surface area contributed by atoms with E-state index in [0.717, 1.165) is 17.9 Å². The fourth-order valence-electron chi connectivity index (χ4n) is 2.85. The Morgan fingerprint density at radius 1 is 1.21 bits per heavy atom. The van der Waals surface area contributed by atoms with E-state index in [0.29, 0.717) is 12.0 Å². The molecule has 19 heavy (non-hydrogen) atoms. The van der Waals surface area contributed by atoms with Crippen LogP contribution >= 0.6 is 11.6 Å². The summed E-state index contributed by atoms with van der Waals surface area (Å²) in [7, 11) is 4.22. The van der Waals surface area contributed by atoms with Crippen LogP contribution in [0, 0.1) is 5.92 Å². The Kier molecular flexibility index (Phi) is 5.84. The maximum absolute atomic E-state index is 6.86. The van der Waals surface area contributed by atoms with E-state index < -0.39 is 0 Å². The van der Waals surface area contributed by atoms with Gasteiger partial charge in [0.05, 0.1) is 5.54 Å². The highest BCUT2D eigenvalue weighted by Crippen LogP contribution is 2.35. The maximum Gasteiger partial charge on any atom is 0.0590 e. The zero-order valence-corrected chi connectivity index (χ0v) is 13.5. The van der Waals surface area contributed by atoms with Gasteiger partial charge in [-0.25, -0.2) is 0 Å². The van der Waals surface area contributed by atoms with Crippen LogP contribution in [0.2, 0.25) is 5.02 Å². The lowest BCUT2D eigenvalue weighted by Crippen LogP contribution is -2.57. The molecule has 0 spiro atoms. The lowest BCUT2D eigenvalue weighted by molar-refractivity contribution is 0.122. The van der Waals surface area contributed by atoms with E-state index in [1.165, 1.54) is 5.56 Å². The average Bonchev–Trinajstić information content (AvgIpc) is 2.35. The Hall–Kier alpha value is -0.570. The first kappa shape index (κ1) is 16.5. The van der Waals surface area contributed by atoms with Gasteiger partial charge in [-0.2, -0.15) is 0 Å². The molecule has 3 heteroatoms. The Morgan fingerprint density at radius 2 is 1.74 bits per heavy atom. The number of halogens is 1. The van der Waals surface area contributed by atoms with Crippen molar-refractivity contribution in [2.24, 2.45) is 11.7 Å². The maximum atomic E-state index is 6.86. The predicted molar refractivity (Wildman–Crippen MR) is 84.5 cm³/mol. The molecule has 0 amide bonds. The molecule has 2 nitrogen and oxygen atoms in total. The smallest absolute Gasteiger partial charge is 0.0590 e. The average molecular weight is 283 g/mol. The van der Waals surface area contributed by atoms with Crippen LogP contribution in [-0.2, 0) is 5.54 Å². The summed E-state index contributed by atoms with van der Waals surface area (Å²) in [5.41, 5.74) is 7.67. The number of hydrogen-bond donors (Lipinski definition) is 1. The summed E-state index contributed by atoms with van der Waals surface area (Å²) < 4.78 is 0. The molecule has 2 N–H and O–H groups in total. The van der Waals surface area contributed by atoms with Crippen LogP contribution < -0.4 is 5.73 Å². The van der Waals surface area contributed by atoms with E-state index in [2.05, 4.69) is 51.9 Å². The Balaban J connectivity index is 3.25. The van der Waals surface area contributed by atoms with Gasteiger partial charge in [0, 0.05) is 11.1 Å². The molecule has 0 aliphatic carbocycles. The zero-order valence-electron chi connectivity index (χ0n) is 12.8. The van der Waals surface area contributed by atoms with Gasteiger partial charge in [0.2, 0.25) is 0 Å². The van der Waals surface area contributed by atoms with Crippen LogP contribution in [-0.4, -0.2) is 25.0 Å². The van der Waals surface area contributed by atoms with Crippen LogP contribution in [0.1, 0.15) is 39.2 Å². The Bertz CT molecular complexity index is 386. The second kappa shape index (κ2) is 6.74. The fraction of sp³-hybridized carbons (Fsp3) is 0.625. The Labute approximate surface area is 122 Å². The number of benzene rings is 1. The minimum absolute atomic E-state index is 0.318. The van der Waals surface area contributed by atoms with Gasteiger partial charge in [0.25, 0.3) is 0 Å². The molecule has 0 saturated carbocycles. The third-order valence-corrected chi connectivity index (χ3v) is 4.29. The fourth-order valence-corrected chi connectivity index (χ4v) is 2.97. The van der Waals surface area contributed by atoms with E-state index in [1.54, 1.807) is 0 Å². The molecule has 1 aromatic carbocycles. The second-order valence-corrected chi connectivity index (χ2v) is 6.30. The van der Waals surface area contributed by atoms with Gasteiger partial charge in [0.1, 0.15) is 0 Å². The van der Waals surface area contributed by atoms with Gasteiger partial charge in [0.15, 0.2) is 0 Å². The largest absolute Gasteiger partial charge is 0.320 e. The van der Waals surface area contributed by atoms with Crippen molar-refractivity contribution in [1.82, 2.24) is 4.90 Å². The monoisotopic (exact) mass is 282 g/mol. The van der Waals surface area contributed by atoms with Crippen molar-refractivity contribution in [2.75, 3.05) is 14.1 Å². The van der Waals surface area contributed by atoms with Crippen LogP contribution in [0.5, 0.6) is 0 Å². The number of hydrogen-bond acceptors (Lipinski definition) is 2. The van der Waals surface area contributed by atoms with Crippen LogP contribution in [0.15, 0.2) is 24.3 Å². The van der Waals surface area contributed by atoms with Crippen molar-refractivity contribution in [3.63, 3.8) is 0 Å². The molecule has 1 rings (SSSR count). The highest BCUT2D eigenvalue weighted by molar-refractivity contribution is 6.30. The summed E-state index contributed by atoms with van der Waals surface area (Å²) in [4.78, 5) is 2.25. The number of likely N-dealkylation sites (N-methyl/N-ethyl adjacent to an activating group) is 1. The molecular formula is C16H27ClN2. The van der Waals surface area contributed by atoms with Crippen molar-refractivity contribution >= 4 is 11.6 Å². The molecule has 0 aliphatic heterocycles. The summed E-state index contributed by atoms with van der Waals surface area (Å²) in [6.45, 7) is 6.60. The van der Waals surface area contributed by atoms with Gasteiger partial charge in [-0.05, 0) is 44.1 Å². The van der Waals surface area contributed by atoms with Crippen LogP contribution in [0.25, 0.3) is 0 Å². The number of rotatable bonds is 6. The van der Waals surface area contributed by atoms with E-state index in [9.17, 15) is 0 Å². The van der Waals surface area contributed by atoms with E-state index in [1.807, 2.05) is 12.1 Å². The van der Waals surface area contributed by atoms with E-state index in [4.69, 9.17) is 17.3 Å². The van der Waals surface area contributed by atoms with Crippen molar-refractivity contribution in [1.29, 1.82) is 0 Å². The summed E-state index contributed by atoms with van der Waals surface area (Å²) in [6.07, 6.45) is 2.21. The molecule has 0 radical (unpaired) electrons. The lowest BCUT2D eigenvalue weighted by atomic mass is 9.73. The van der Waals surface area contributed by atoms with Gasteiger partial charge in [-0.3, -0.25) is 0 Å². The highest BCUT2D eigenvalue weighted by Gasteiger charge is 2.40. The molecule has 0 aromatic heterocycles. The summed E-state index contributed by atoms with van der Waals surface area (Å²) in [5, 5.41) is 0.756. The first-order chi connectivity index (χ1) is 8.83. The van der Waals surface area contributed by atoms with Crippen molar-refractivity contribution in [3.8, 4) is 0 Å². The quantitative estimate of drug-likeness (QED) is 0.858. The molecular weight excluding hydrogens is 256 g/mol. The molecule has 1 aromatic rings. The van der Waals surface area contributed by atoms with Gasteiger partial charge >= 0.3 is 0 Å². The topological polar surface area (TPSA) is 29.3 Å². The van der Waals surface area contributed by atoms with Crippen molar-refractivity contribution in [3.05, 3.63) is 34.9 Å². The number of nitrogens with zero attached hydrogens (tertiary/aromatic N) is 1. The first-order valence-electron chi connectivity index (χ1n) is 7.05. The Morgan fingerprint density at radius 3 is 2.11 bits per heavy atom. The summed E-state index contributed by atoms with van der Waals surface area (Å²) in [5.74, 6) is 0.354. The normalized spacial score (nSPS) is 16.7. The molecule has 2 atom stereocenters. The standard InChI is InChI=1S/C16H27ClN2/c1-6-7-15(19(4)5)16(18,12(2)3)13-8-10-14(17)11-9-13/h8-12,15H,6-7,18H2,1-5H3. The van der Waals surface area contributed by atoms with E-state index >= 15 is 0 Å². The van der Waals surface area contributed by atoms with Gasteiger partial charge in [-0.1, -0.05) is 50.9 Å². The van der Waals surface area contributed by atoms with Crippen LogP contribution in [0.3, 0.4) is 0 Å². The second-order valence-electron chi connectivity index (χ2n) is 5.86. The molecule has 2 unspecified atom stereocenters. The van der Waals surface area contributed by atoms with Crippen molar-refractivity contribution < 1.29 is 0 Å². The molecule has 108 valence electrons. The minimum Gasteiger partial charge on any atom is -0.320 e. The lowest BCUT2D eigenvalue weighted by Gasteiger charge is -2.45. The molecule has 0 heterocycles. The SMILES string of the molecule is CCCC(N(C)C)C(N)(c1ccc(Cl)cc1)C(C)C. The highest BCUT2D eigenvalue weighted by atomic mass is 35.5. The molecule has 0 fully saturated rings. The molecule has 0 saturated heterocycles. The molecule has 0 bridgehead atoms.